The molecule has 0 unspecified atom stereocenters. The molecule has 0 fully saturated rings. The zero-order valence-electron chi connectivity index (χ0n) is 12.9. The van der Waals surface area contributed by atoms with Crippen molar-refractivity contribution in [1.82, 2.24) is 9.55 Å². The molecule has 0 aliphatic rings. The van der Waals surface area contributed by atoms with Crippen molar-refractivity contribution >= 4 is 22.5 Å². The molecule has 6 nitrogen and oxygen atoms in total. The molecule has 0 amide bonds. The van der Waals surface area contributed by atoms with Gasteiger partial charge in [-0.2, -0.15) is 0 Å². The lowest BCUT2D eigenvalue weighted by Crippen LogP contribution is -2.27. The van der Waals surface area contributed by atoms with Crippen molar-refractivity contribution in [3.63, 3.8) is 0 Å². The van der Waals surface area contributed by atoms with Crippen LogP contribution < -0.4 is 16.6 Å². The van der Waals surface area contributed by atoms with E-state index >= 15 is 0 Å². The van der Waals surface area contributed by atoms with Crippen molar-refractivity contribution in [2.24, 2.45) is 5.73 Å². The quantitative estimate of drug-likeness (QED) is 0.682. The smallest absolute Gasteiger partial charge is 0.262 e. The first-order valence-electron chi connectivity index (χ1n) is 7.26. The summed E-state index contributed by atoms with van der Waals surface area (Å²) in [6, 6.07) is 17.0. The van der Waals surface area contributed by atoms with Crippen molar-refractivity contribution in [2.75, 3.05) is 19.0 Å². The van der Waals surface area contributed by atoms with Crippen LogP contribution in [0.2, 0.25) is 0 Å². The Morgan fingerprint density at radius 2 is 1.74 bits per heavy atom. The van der Waals surface area contributed by atoms with Gasteiger partial charge in [0, 0.05) is 25.9 Å². The lowest BCUT2D eigenvalue weighted by molar-refractivity contribution is 0.399. The van der Waals surface area contributed by atoms with Crippen molar-refractivity contribution in [3.8, 4) is 0 Å². The monoisotopic (exact) mass is 312 g/mol. The number of hydrogen-bond acceptors (Lipinski definition) is 5. The molecule has 0 saturated heterocycles. The fraction of sp³-hybridized carbons (Fsp3) is 0.176. The third-order valence-electron chi connectivity index (χ3n) is 3.24. The first-order chi connectivity index (χ1) is 11.3. The third-order valence-corrected chi connectivity index (χ3v) is 3.24. The summed E-state index contributed by atoms with van der Waals surface area (Å²) in [5, 5.41) is 10.8. The van der Waals surface area contributed by atoms with Gasteiger partial charge in [-0.15, -0.1) is 0 Å². The number of aliphatic hydroxyl groups excluding tert-OH is 1. The fourth-order valence-electron chi connectivity index (χ4n) is 2.25. The molecule has 23 heavy (non-hydrogen) atoms. The van der Waals surface area contributed by atoms with Crippen LogP contribution in [-0.2, 0) is 6.54 Å². The summed E-state index contributed by atoms with van der Waals surface area (Å²) < 4.78 is 1.58. The first kappa shape index (κ1) is 16.7. The van der Waals surface area contributed by atoms with Gasteiger partial charge in [0.1, 0.15) is 0 Å². The van der Waals surface area contributed by atoms with E-state index < -0.39 is 0 Å². The van der Waals surface area contributed by atoms with E-state index in [2.05, 4.69) is 10.3 Å². The summed E-state index contributed by atoms with van der Waals surface area (Å²) in [4.78, 5) is 17.1. The number of anilines is 2. The minimum Gasteiger partial charge on any atom is -0.400 e. The summed E-state index contributed by atoms with van der Waals surface area (Å²) >= 11 is 0. The minimum absolute atomic E-state index is 0.0792. The summed E-state index contributed by atoms with van der Waals surface area (Å²) in [5.74, 6) is 0.510. The number of nitrogens with two attached hydrogens (primary N) is 1. The highest BCUT2D eigenvalue weighted by atomic mass is 16.2. The van der Waals surface area contributed by atoms with Crippen LogP contribution in [0.3, 0.4) is 0 Å². The highest BCUT2D eigenvalue weighted by Gasteiger charge is 2.10. The van der Waals surface area contributed by atoms with Gasteiger partial charge in [0.15, 0.2) is 0 Å². The van der Waals surface area contributed by atoms with Crippen molar-refractivity contribution in [2.45, 2.75) is 6.54 Å². The second-order valence-electron chi connectivity index (χ2n) is 4.69. The molecule has 0 atom stereocenters. The van der Waals surface area contributed by atoms with Gasteiger partial charge in [-0.1, -0.05) is 30.3 Å². The van der Waals surface area contributed by atoms with Crippen molar-refractivity contribution < 1.29 is 5.11 Å². The van der Waals surface area contributed by atoms with Crippen LogP contribution in [0, 0.1) is 0 Å². The van der Waals surface area contributed by atoms with E-state index in [-0.39, 0.29) is 5.56 Å². The number of aromatic nitrogens is 2. The molecule has 4 N–H and O–H groups in total. The zero-order chi connectivity index (χ0) is 16.7. The number of nitrogens with one attached hydrogen (secondary N) is 1. The fourth-order valence-corrected chi connectivity index (χ4v) is 2.25. The SMILES string of the molecule is CO.NCCn1c(Nc2ccccc2)nc2ccccc2c1=O. The van der Waals surface area contributed by atoms with Gasteiger partial charge in [0.25, 0.3) is 5.56 Å². The second-order valence-corrected chi connectivity index (χ2v) is 4.69. The Hall–Kier alpha value is -2.70. The summed E-state index contributed by atoms with van der Waals surface area (Å²) in [5.41, 5.74) is 7.10. The van der Waals surface area contributed by atoms with Gasteiger partial charge in [-0.25, -0.2) is 4.98 Å². The van der Waals surface area contributed by atoms with E-state index in [1.165, 1.54) is 0 Å². The van der Waals surface area contributed by atoms with Crippen molar-refractivity contribution in [3.05, 3.63) is 65.0 Å². The number of rotatable bonds is 4. The predicted molar refractivity (Wildman–Crippen MR) is 92.9 cm³/mol. The molecule has 2 aromatic carbocycles. The van der Waals surface area contributed by atoms with Crippen LogP contribution >= 0.6 is 0 Å². The van der Waals surface area contributed by atoms with Gasteiger partial charge < -0.3 is 16.2 Å². The maximum Gasteiger partial charge on any atom is 0.262 e. The molecule has 120 valence electrons. The Labute approximate surface area is 134 Å². The van der Waals surface area contributed by atoms with Crippen LogP contribution in [-0.4, -0.2) is 28.3 Å². The Bertz CT molecular complexity index is 816. The van der Waals surface area contributed by atoms with Crippen LogP contribution in [0.15, 0.2) is 59.4 Å². The molecule has 1 heterocycles. The molecule has 0 bridgehead atoms. The molecule has 1 aromatic heterocycles. The number of hydrogen-bond donors (Lipinski definition) is 3. The lowest BCUT2D eigenvalue weighted by Gasteiger charge is -2.14. The standard InChI is InChI=1S/C16H16N4O.CH4O/c17-10-11-20-15(21)13-8-4-5-9-14(13)19-16(20)18-12-6-2-1-3-7-12;1-2/h1-9H,10-11,17H2,(H,18,19);2H,1H3. The normalized spacial score (nSPS) is 10.0. The van der Waals surface area contributed by atoms with Crippen LogP contribution in [0.4, 0.5) is 11.6 Å². The van der Waals surface area contributed by atoms with Gasteiger partial charge in [0.2, 0.25) is 5.95 Å². The van der Waals surface area contributed by atoms with Gasteiger partial charge in [-0.05, 0) is 24.3 Å². The minimum atomic E-state index is -0.0792. The number of para-hydroxylation sites is 2. The molecule has 0 aliphatic carbocycles. The highest BCUT2D eigenvalue weighted by molar-refractivity contribution is 5.79. The van der Waals surface area contributed by atoms with Crippen LogP contribution in [0.25, 0.3) is 10.9 Å². The van der Waals surface area contributed by atoms with Crippen LogP contribution in [0.5, 0.6) is 0 Å². The molecule has 0 aliphatic heterocycles. The van der Waals surface area contributed by atoms with Gasteiger partial charge >= 0.3 is 0 Å². The van der Waals surface area contributed by atoms with E-state index in [0.29, 0.717) is 29.9 Å². The molecular weight excluding hydrogens is 292 g/mol. The molecule has 3 rings (SSSR count). The maximum absolute atomic E-state index is 12.6. The summed E-state index contributed by atoms with van der Waals surface area (Å²) in [6.07, 6.45) is 0. The Morgan fingerprint density at radius 1 is 1.09 bits per heavy atom. The highest BCUT2D eigenvalue weighted by Crippen LogP contribution is 2.16. The van der Waals surface area contributed by atoms with E-state index in [9.17, 15) is 4.79 Å². The topological polar surface area (TPSA) is 93.2 Å². The van der Waals surface area contributed by atoms with E-state index in [1.807, 2.05) is 48.5 Å². The largest absolute Gasteiger partial charge is 0.400 e. The Morgan fingerprint density at radius 3 is 2.43 bits per heavy atom. The zero-order valence-corrected chi connectivity index (χ0v) is 12.9. The second kappa shape index (κ2) is 8.07. The predicted octanol–water partition coefficient (Wildman–Crippen LogP) is 1.71. The van der Waals surface area contributed by atoms with E-state index in [1.54, 1.807) is 10.6 Å². The summed E-state index contributed by atoms with van der Waals surface area (Å²) in [7, 11) is 1.00. The maximum atomic E-state index is 12.6. The number of fused-ring (bicyclic) bond motifs is 1. The van der Waals surface area contributed by atoms with E-state index in [4.69, 9.17) is 10.8 Å². The van der Waals surface area contributed by atoms with Crippen LogP contribution in [0.1, 0.15) is 0 Å². The van der Waals surface area contributed by atoms with E-state index in [0.717, 1.165) is 12.8 Å². The molecule has 3 aromatic rings. The molecule has 0 saturated carbocycles. The van der Waals surface area contributed by atoms with Crippen molar-refractivity contribution in [1.29, 1.82) is 0 Å². The number of nitrogens with zero attached hydrogens (tertiary/aromatic N) is 2. The first-order valence-corrected chi connectivity index (χ1v) is 7.26. The Kier molecular flexibility index (Phi) is 5.85. The number of aliphatic hydroxyl groups is 1. The Balaban J connectivity index is 0.000000924. The summed E-state index contributed by atoms with van der Waals surface area (Å²) in [6.45, 7) is 0.801. The average Bonchev–Trinajstić information content (AvgIpc) is 2.61. The average molecular weight is 312 g/mol. The lowest BCUT2D eigenvalue weighted by atomic mass is 10.2. The molecular formula is C17H20N4O2. The molecule has 6 heteroatoms. The molecule has 0 radical (unpaired) electrons. The van der Waals surface area contributed by atoms with Gasteiger partial charge in [-0.3, -0.25) is 9.36 Å². The third kappa shape index (κ3) is 3.74. The number of benzene rings is 2. The molecule has 0 spiro atoms. The van der Waals surface area contributed by atoms with Gasteiger partial charge in [0.05, 0.1) is 10.9 Å².